The molecule has 7 heteroatoms. The fourth-order valence-corrected chi connectivity index (χ4v) is 3.13. The third-order valence-corrected chi connectivity index (χ3v) is 4.61. The molecule has 0 spiro atoms. The summed E-state index contributed by atoms with van der Waals surface area (Å²) in [5.74, 6) is -0.511. The molecule has 27 heavy (non-hydrogen) atoms. The van der Waals surface area contributed by atoms with Crippen LogP contribution in [0.4, 0.5) is 10.1 Å². The lowest BCUT2D eigenvalue weighted by atomic mass is 10.1. The zero-order valence-corrected chi connectivity index (χ0v) is 15.5. The van der Waals surface area contributed by atoms with Gasteiger partial charge in [0.05, 0.1) is 17.8 Å². The number of nitrogens with one attached hydrogen (secondary N) is 1. The van der Waals surface area contributed by atoms with Gasteiger partial charge in [-0.2, -0.15) is 0 Å². The summed E-state index contributed by atoms with van der Waals surface area (Å²) in [6, 6.07) is 9.34. The minimum atomic E-state index is -0.340. The first-order chi connectivity index (χ1) is 12.9. The van der Waals surface area contributed by atoms with E-state index in [1.807, 2.05) is 30.9 Å². The Kier molecular flexibility index (Phi) is 5.81. The Labute approximate surface area is 158 Å². The van der Waals surface area contributed by atoms with E-state index in [0.29, 0.717) is 37.4 Å². The monoisotopic (exact) mass is 370 g/mol. The molecule has 2 heterocycles. The topological polar surface area (TPSA) is 65.5 Å². The number of aromatic nitrogens is 1. The van der Waals surface area contributed by atoms with Gasteiger partial charge in [-0.05, 0) is 50.2 Å². The van der Waals surface area contributed by atoms with Crippen LogP contribution in [0.1, 0.15) is 21.7 Å². The molecule has 142 valence electrons. The number of halogens is 1. The van der Waals surface area contributed by atoms with Crippen LogP contribution < -0.4 is 5.32 Å². The van der Waals surface area contributed by atoms with E-state index in [1.165, 1.54) is 24.3 Å². The summed E-state index contributed by atoms with van der Waals surface area (Å²) < 4.78 is 12.9. The van der Waals surface area contributed by atoms with E-state index in [0.717, 1.165) is 11.4 Å². The average molecular weight is 370 g/mol. The fourth-order valence-electron chi connectivity index (χ4n) is 3.13. The Morgan fingerprint density at radius 1 is 1.04 bits per heavy atom. The average Bonchev–Trinajstić information content (AvgIpc) is 2.64. The van der Waals surface area contributed by atoms with E-state index in [4.69, 9.17) is 0 Å². The smallest absolute Gasteiger partial charge is 0.255 e. The minimum absolute atomic E-state index is 0.0181. The van der Waals surface area contributed by atoms with Crippen molar-refractivity contribution in [3.63, 3.8) is 0 Å². The molecule has 0 radical (unpaired) electrons. The maximum atomic E-state index is 12.9. The molecule has 2 amide bonds. The van der Waals surface area contributed by atoms with Crippen molar-refractivity contribution in [3.05, 3.63) is 59.2 Å². The van der Waals surface area contributed by atoms with Crippen molar-refractivity contribution in [1.29, 1.82) is 0 Å². The number of amides is 2. The summed E-state index contributed by atoms with van der Waals surface area (Å²) in [7, 11) is 0. The molecule has 0 saturated carbocycles. The summed E-state index contributed by atoms with van der Waals surface area (Å²) in [6.45, 7) is 6.37. The molecule has 0 bridgehead atoms. The van der Waals surface area contributed by atoms with Gasteiger partial charge >= 0.3 is 0 Å². The number of benzene rings is 1. The van der Waals surface area contributed by atoms with Gasteiger partial charge in [-0.15, -0.1) is 0 Å². The van der Waals surface area contributed by atoms with Crippen molar-refractivity contribution in [3.8, 4) is 0 Å². The van der Waals surface area contributed by atoms with Gasteiger partial charge in [0.15, 0.2) is 0 Å². The van der Waals surface area contributed by atoms with Crippen molar-refractivity contribution in [2.45, 2.75) is 13.8 Å². The van der Waals surface area contributed by atoms with Crippen LogP contribution in [0.5, 0.6) is 0 Å². The molecular weight excluding hydrogens is 347 g/mol. The van der Waals surface area contributed by atoms with Crippen LogP contribution >= 0.6 is 0 Å². The van der Waals surface area contributed by atoms with Crippen molar-refractivity contribution in [2.24, 2.45) is 0 Å². The predicted octanol–water partition coefficient (Wildman–Crippen LogP) is 2.23. The van der Waals surface area contributed by atoms with Gasteiger partial charge in [-0.3, -0.25) is 19.5 Å². The lowest BCUT2D eigenvalue weighted by molar-refractivity contribution is -0.117. The van der Waals surface area contributed by atoms with Crippen LogP contribution in [0.2, 0.25) is 0 Å². The van der Waals surface area contributed by atoms with E-state index in [9.17, 15) is 14.0 Å². The largest absolute Gasteiger partial charge is 0.336 e. The number of carbonyl (C=O) groups excluding carboxylic acids is 2. The number of piperazine rings is 1. The Morgan fingerprint density at radius 2 is 1.70 bits per heavy atom. The quantitative estimate of drug-likeness (QED) is 0.896. The van der Waals surface area contributed by atoms with Crippen LogP contribution in [0, 0.1) is 19.7 Å². The van der Waals surface area contributed by atoms with Gasteiger partial charge in [-0.1, -0.05) is 0 Å². The van der Waals surface area contributed by atoms with Crippen LogP contribution in [0.15, 0.2) is 36.4 Å². The highest BCUT2D eigenvalue weighted by molar-refractivity contribution is 5.95. The third kappa shape index (κ3) is 4.89. The number of hydrogen-bond donors (Lipinski definition) is 1. The Bertz CT molecular complexity index is 830. The van der Waals surface area contributed by atoms with Crippen LogP contribution in [-0.4, -0.2) is 59.3 Å². The first-order valence-corrected chi connectivity index (χ1v) is 8.93. The molecule has 1 aliphatic rings. The fraction of sp³-hybridized carbons (Fsp3) is 0.350. The van der Waals surface area contributed by atoms with Crippen LogP contribution in [-0.2, 0) is 4.79 Å². The van der Waals surface area contributed by atoms with E-state index in [1.54, 1.807) is 4.90 Å². The third-order valence-electron chi connectivity index (χ3n) is 4.61. The highest BCUT2D eigenvalue weighted by Gasteiger charge is 2.24. The molecular formula is C20H23FN4O2. The highest BCUT2D eigenvalue weighted by atomic mass is 19.1. The van der Waals surface area contributed by atoms with Crippen molar-refractivity contribution in [1.82, 2.24) is 14.8 Å². The molecule has 1 fully saturated rings. The van der Waals surface area contributed by atoms with Gasteiger partial charge in [0.2, 0.25) is 5.91 Å². The lowest BCUT2D eigenvalue weighted by Gasteiger charge is -2.34. The molecule has 0 atom stereocenters. The zero-order valence-electron chi connectivity index (χ0n) is 15.5. The van der Waals surface area contributed by atoms with E-state index in [2.05, 4.69) is 10.3 Å². The second-order valence-electron chi connectivity index (χ2n) is 6.71. The van der Waals surface area contributed by atoms with Crippen LogP contribution in [0.3, 0.4) is 0 Å². The first-order valence-electron chi connectivity index (χ1n) is 8.93. The molecule has 1 N–H and O–H groups in total. The van der Waals surface area contributed by atoms with Crippen LogP contribution in [0.25, 0.3) is 0 Å². The van der Waals surface area contributed by atoms with Crippen molar-refractivity contribution >= 4 is 17.5 Å². The maximum absolute atomic E-state index is 12.9. The summed E-state index contributed by atoms with van der Waals surface area (Å²) in [6.07, 6.45) is 0. The van der Waals surface area contributed by atoms with Gasteiger partial charge in [0.25, 0.3) is 5.91 Å². The number of hydrogen-bond acceptors (Lipinski definition) is 4. The Balaban J connectivity index is 1.50. The number of carbonyl (C=O) groups is 2. The van der Waals surface area contributed by atoms with Gasteiger partial charge < -0.3 is 10.2 Å². The van der Waals surface area contributed by atoms with E-state index in [-0.39, 0.29) is 24.2 Å². The predicted molar refractivity (Wildman–Crippen MR) is 101 cm³/mol. The van der Waals surface area contributed by atoms with Gasteiger partial charge in [0.1, 0.15) is 5.82 Å². The molecule has 1 aromatic heterocycles. The molecule has 1 saturated heterocycles. The minimum Gasteiger partial charge on any atom is -0.336 e. The van der Waals surface area contributed by atoms with Gasteiger partial charge in [0, 0.05) is 37.6 Å². The Morgan fingerprint density at radius 3 is 2.33 bits per heavy atom. The number of rotatable bonds is 4. The second-order valence-corrected chi connectivity index (χ2v) is 6.71. The first kappa shape index (κ1) is 19.0. The molecule has 1 aliphatic heterocycles. The molecule has 6 nitrogen and oxygen atoms in total. The number of pyridine rings is 1. The zero-order chi connectivity index (χ0) is 19.4. The molecule has 2 aromatic rings. The maximum Gasteiger partial charge on any atom is 0.255 e. The molecule has 3 rings (SSSR count). The number of nitrogens with zero attached hydrogens (tertiary/aromatic N) is 3. The molecule has 0 aliphatic carbocycles. The number of aryl methyl sites for hydroxylation is 2. The highest BCUT2D eigenvalue weighted by Crippen LogP contribution is 2.13. The van der Waals surface area contributed by atoms with E-state index >= 15 is 0 Å². The van der Waals surface area contributed by atoms with Crippen molar-refractivity contribution in [2.75, 3.05) is 38.0 Å². The van der Waals surface area contributed by atoms with E-state index < -0.39 is 0 Å². The Hall–Kier alpha value is -2.80. The van der Waals surface area contributed by atoms with Crippen molar-refractivity contribution < 1.29 is 14.0 Å². The summed E-state index contributed by atoms with van der Waals surface area (Å²) in [4.78, 5) is 33.0. The second kappa shape index (κ2) is 8.26. The standard InChI is InChI=1S/C20H23FN4O2/c1-14-3-8-18(15(2)22-14)20(27)25-11-9-24(10-12-25)13-19(26)23-17-6-4-16(21)5-7-17/h3-8H,9-13H2,1-2H3,(H,23,26). The lowest BCUT2D eigenvalue weighted by Crippen LogP contribution is -2.50. The summed E-state index contributed by atoms with van der Waals surface area (Å²) in [5, 5.41) is 2.75. The summed E-state index contributed by atoms with van der Waals surface area (Å²) in [5.41, 5.74) is 2.82. The normalized spacial score (nSPS) is 14.9. The molecule has 1 aromatic carbocycles. The molecule has 0 unspecified atom stereocenters. The number of anilines is 1. The summed E-state index contributed by atoms with van der Waals surface area (Å²) >= 11 is 0. The SMILES string of the molecule is Cc1ccc(C(=O)N2CCN(CC(=O)Nc3ccc(F)cc3)CC2)c(C)n1. The van der Waals surface area contributed by atoms with Gasteiger partial charge in [-0.25, -0.2) is 4.39 Å².